The summed E-state index contributed by atoms with van der Waals surface area (Å²) >= 11 is 36.3. The van der Waals surface area contributed by atoms with Crippen molar-refractivity contribution in [3.8, 4) is 5.75 Å². The lowest BCUT2D eigenvalue weighted by Gasteiger charge is -2.35. The third kappa shape index (κ3) is 37.4. The highest BCUT2D eigenvalue weighted by Crippen LogP contribution is 2.38. The van der Waals surface area contributed by atoms with Crippen molar-refractivity contribution >= 4 is 152 Å². The minimum atomic E-state index is -3.33. The van der Waals surface area contributed by atoms with E-state index in [1.54, 1.807) is 20.3 Å². The number of nitro groups is 1. The van der Waals surface area contributed by atoms with Gasteiger partial charge in [-0.25, -0.2) is 9.78 Å². The number of aliphatic hydroxyl groups is 2. The minimum absolute atomic E-state index is 0. The molecule has 2 saturated heterocycles. The number of H-pyrrole nitrogens is 1. The summed E-state index contributed by atoms with van der Waals surface area (Å²) < 4.78 is 88.5. The van der Waals surface area contributed by atoms with E-state index in [-0.39, 0.29) is 85.7 Å². The van der Waals surface area contributed by atoms with Gasteiger partial charge >= 0.3 is 5.97 Å². The molecular formula is C83H99Cl2N3O20S11. The molecule has 8 aromatic rings. The molecule has 119 heavy (non-hydrogen) atoms. The van der Waals surface area contributed by atoms with Crippen LogP contribution >= 0.6 is 36.7 Å². The van der Waals surface area contributed by atoms with Gasteiger partial charge in [0.2, 0.25) is 0 Å². The Morgan fingerprint density at radius 1 is 0.546 bits per heavy atom. The number of halogens is 2. The molecule has 5 aliphatic carbocycles. The average Bonchev–Trinajstić information content (AvgIpc) is 1.72. The Morgan fingerprint density at radius 3 is 1.24 bits per heavy atom. The number of hydrogen-bond acceptors (Lipinski definition) is 27. The maximum atomic E-state index is 12.0. The van der Waals surface area contributed by atoms with Crippen molar-refractivity contribution in [2.75, 3.05) is 46.9 Å². The number of aliphatic hydroxyl groups excluding tert-OH is 2. The lowest BCUT2D eigenvalue weighted by atomic mass is 9.91. The van der Waals surface area contributed by atoms with Crippen LogP contribution in [-0.2, 0) is 200 Å². The second-order valence-corrected chi connectivity index (χ2v) is 35.7. The van der Waals surface area contributed by atoms with Crippen LogP contribution in [0.1, 0.15) is 127 Å². The third-order valence-electron chi connectivity index (χ3n) is 19.5. The summed E-state index contributed by atoms with van der Waals surface area (Å²) in [5.41, 5.74) is 6.32. The van der Waals surface area contributed by atoms with Gasteiger partial charge < -0.3 is 67.3 Å². The molecule has 6 aromatic carbocycles. The van der Waals surface area contributed by atoms with E-state index in [1.807, 2.05) is 121 Å². The van der Waals surface area contributed by atoms with E-state index < -0.39 is 32.2 Å². The summed E-state index contributed by atoms with van der Waals surface area (Å²) in [5, 5.41) is 29.4. The standard InChI is InChI=1S/C21H24ClNO4.C18H17NO5.C12H16O4S.2C11H14O2.C10H12ClNO3.S4.S3.S2.H2S/c1-24-21(7-8-25-14-21)19-11-18(12-20(22)23-19)27-17-9-16(10-17)26-13-15-5-3-2-4-6-15;20-18(14-6-8-15(9-7-14)19(21)22)24-17-10-16(11-17)23-12-13-4-2-1-3-5-13;1-17(13,14)16-12-7-11(8-12)15-9-10-5-3-2-4-6-10;2*12-10-6-11(7-10)13-8-9-4-2-1-3-5-9;1-14-10(2-3-15-6-10)8-4-7(13)5-9(11)12-8;1-3-4-2;1-3-2;1-2;/h2-6,11-12,16-17H,7-10,13-14H2,1H3;1-9,16-17H,10-12H2;2-6,11-12H,7-9H2,1H3;2*1-5,10-12H,6-8H2;4-5H,2-3,6H2,1H3,(H,12,13);;;;1H2/t16?,17?,21-;;;;;10-;;;;/m0....0..../s1. The number of nitrogens with one attached hydrogen (secondary N) is 1. The number of carbonyl (C=O) groups excluding carboxylic acids is 1. The van der Waals surface area contributed by atoms with Crippen LogP contribution in [0, 0.1) is 10.1 Å². The molecule has 646 valence electrons. The number of nitrogens with zero attached hydrogens (tertiary/aromatic N) is 2. The zero-order valence-corrected chi connectivity index (χ0v) is 76.3. The van der Waals surface area contributed by atoms with Gasteiger partial charge in [-0.05, 0) is 65.6 Å². The van der Waals surface area contributed by atoms with E-state index in [0.717, 1.165) is 89.1 Å². The molecule has 7 aliphatic rings. The Labute approximate surface area is 750 Å². The van der Waals surface area contributed by atoms with Crippen LogP contribution in [0.15, 0.2) is 205 Å². The van der Waals surface area contributed by atoms with Gasteiger partial charge in [0.15, 0.2) is 5.43 Å². The zero-order chi connectivity index (χ0) is 85.1. The fraction of sp³-hybridized carbons (Fsp3) is 0.434. The summed E-state index contributed by atoms with van der Waals surface area (Å²) in [4.78, 5) is 40.8. The number of benzene rings is 6. The molecule has 36 heteroatoms. The van der Waals surface area contributed by atoms with E-state index in [1.165, 1.54) is 70.8 Å². The quantitative estimate of drug-likeness (QED) is 0.0149. The van der Waals surface area contributed by atoms with Gasteiger partial charge in [0.25, 0.3) is 15.8 Å². The first kappa shape index (κ1) is 102. The first-order valence-corrected chi connectivity index (χ1v) is 48.2. The lowest BCUT2D eigenvalue weighted by Crippen LogP contribution is -2.39. The molecule has 0 spiro atoms. The van der Waals surface area contributed by atoms with E-state index in [2.05, 4.69) is 113 Å². The van der Waals surface area contributed by atoms with Crippen molar-refractivity contribution in [3.05, 3.63) is 276 Å². The second-order valence-electron chi connectivity index (χ2n) is 28.0. The van der Waals surface area contributed by atoms with Gasteiger partial charge in [-0.1, -0.05) is 175 Å². The number of non-ortho nitro benzene ring substituents is 1. The normalized spacial score (nSPS) is 23.0. The largest absolute Gasteiger partial charge is 0.490 e. The summed E-state index contributed by atoms with van der Waals surface area (Å²) in [6.07, 6.45) is 10.7. The van der Waals surface area contributed by atoms with Crippen LogP contribution < -0.4 is 10.2 Å². The Kier molecular flexibility index (Phi) is 47.8. The molecule has 0 bridgehead atoms. The summed E-state index contributed by atoms with van der Waals surface area (Å²) in [7, 11) is 3.21. The maximum Gasteiger partial charge on any atom is 0.338 e. The SMILES string of the molecule is CO[C@@]1(c2cc(=O)cc(Cl)[nH]2)CCOC1.CO[C@@]1(c2cc(OC3CC(OCc4ccccc4)C3)cc(Cl)n2)CCOC1.CS(=O)(=O)OC1CC(OCc2ccccc2)C1.O=C(OC1CC(OCc2ccccc2)C1)c1ccc([N+](=O)[O-])cc1.OC1CC(OCc2ccccc2)C1.OC1CC(OCc2ccccc2)C1.S.S=S.S=S=S.S=S=S=S. The molecule has 0 radical (unpaired) electrons. The van der Waals surface area contributed by atoms with Crippen LogP contribution in [0.5, 0.6) is 5.75 Å². The number of esters is 1. The molecule has 2 atom stereocenters. The van der Waals surface area contributed by atoms with Crippen LogP contribution in [0.2, 0.25) is 10.3 Å². The van der Waals surface area contributed by atoms with Crippen LogP contribution in [-0.4, -0.2) is 147 Å². The molecule has 2 aromatic heterocycles. The smallest absolute Gasteiger partial charge is 0.338 e. The van der Waals surface area contributed by atoms with Crippen molar-refractivity contribution in [1.29, 1.82) is 0 Å². The van der Waals surface area contributed by atoms with Gasteiger partial charge in [-0.2, -0.15) is 21.9 Å². The topological polar surface area (TPSA) is 291 Å². The van der Waals surface area contributed by atoms with Crippen molar-refractivity contribution in [2.45, 2.75) is 182 Å². The predicted octanol–water partition coefficient (Wildman–Crippen LogP) is 14.2. The molecule has 0 amide bonds. The van der Waals surface area contributed by atoms with E-state index >= 15 is 0 Å². The van der Waals surface area contributed by atoms with Gasteiger partial charge in [-0.15, -0.1) is 0 Å². The molecule has 2 aliphatic heterocycles. The Bertz CT molecular complexity index is 4490. The Hall–Kier alpha value is -5.53. The van der Waals surface area contributed by atoms with Crippen LogP contribution in [0.3, 0.4) is 0 Å². The predicted molar refractivity (Wildman–Crippen MR) is 486 cm³/mol. The van der Waals surface area contributed by atoms with Gasteiger partial charge in [0, 0.05) is 209 Å². The number of aromatic amines is 1. The molecular weight excluding hydrogens is 1780 g/mol. The molecule has 0 unspecified atom stereocenters. The lowest BCUT2D eigenvalue weighted by molar-refractivity contribution is -0.384. The molecule has 23 nitrogen and oxygen atoms in total. The first-order valence-electron chi connectivity index (χ1n) is 37.6. The first-order chi connectivity index (χ1) is 57.0. The average molecular weight is 1880 g/mol. The Morgan fingerprint density at radius 2 is 0.908 bits per heavy atom. The highest BCUT2D eigenvalue weighted by atomic mass is 35.5. The number of hydrogen-bond donors (Lipinski definition) is 3. The highest BCUT2D eigenvalue weighted by molar-refractivity contribution is 8.51. The number of nitro benzene ring substituents is 1. The highest BCUT2D eigenvalue weighted by Gasteiger charge is 2.41. The third-order valence-corrected chi connectivity index (χ3v) is 22.7. The monoisotopic (exact) mass is 1880 g/mol. The van der Waals surface area contributed by atoms with E-state index in [9.17, 15) is 28.1 Å². The zero-order valence-electron chi connectivity index (χ0n) is 65.7. The van der Waals surface area contributed by atoms with Gasteiger partial charge in [0.1, 0.15) is 39.5 Å². The van der Waals surface area contributed by atoms with E-state index in [4.69, 9.17) is 89.7 Å². The number of ether oxygens (including phenoxy) is 11. The van der Waals surface area contributed by atoms with Gasteiger partial charge in [-0.3, -0.25) is 19.1 Å². The fourth-order valence-electron chi connectivity index (χ4n) is 12.5. The molecule has 3 N–H and O–H groups in total. The fourth-order valence-corrected chi connectivity index (χ4v) is 13.5. The van der Waals surface area contributed by atoms with E-state index in [0.29, 0.717) is 107 Å². The molecule has 15 rings (SSSR count). The molecule has 5 saturated carbocycles. The number of aromatic nitrogens is 2. The van der Waals surface area contributed by atoms with Crippen LogP contribution in [0.4, 0.5) is 5.69 Å². The molecule has 7 fully saturated rings. The summed E-state index contributed by atoms with van der Waals surface area (Å²) in [5.74, 6) is 0.260. The van der Waals surface area contributed by atoms with Crippen molar-refractivity contribution in [2.24, 2.45) is 0 Å². The van der Waals surface area contributed by atoms with Crippen molar-refractivity contribution in [3.63, 3.8) is 0 Å². The second kappa shape index (κ2) is 55.6. The Balaban J connectivity index is 0.000000221. The molecule has 4 heterocycles. The van der Waals surface area contributed by atoms with Crippen molar-refractivity contribution in [1.82, 2.24) is 9.97 Å². The minimum Gasteiger partial charge on any atom is -0.490 e. The van der Waals surface area contributed by atoms with Gasteiger partial charge in [0.05, 0.1) is 123 Å². The summed E-state index contributed by atoms with van der Waals surface area (Å²) in [6, 6.07) is 62.2. The van der Waals surface area contributed by atoms with Crippen LogP contribution in [0.25, 0.3) is 0 Å². The number of methoxy groups -OCH3 is 2. The number of pyridine rings is 2. The summed E-state index contributed by atoms with van der Waals surface area (Å²) in [6.45, 7) is 5.29. The number of rotatable bonds is 26. The number of carbonyl (C=O) groups is 1. The maximum absolute atomic E-state index is 12.0. The van der Waals surface area contributed by atoms with Crippen molar-refractivity contribution < 1.29 is 84.6 Å².